The van der Waals surface area contributed by atoms with Crippen molar-refractivity contribution in [1.82, 2.24) is 0 Å². The van der Waals surface area contributed by atoms with Gasteiger partial charge in [-0.2, -0.15) is 8.78 Å². The molecule has 0 unspecified atom stereocenters. The summed E-state index contributed by atoms with van der Waals surface area (Å²) in [6.45, 7) is 6.49. The van der Waals surface area contributed by atoms with Crippen LogP contribution in [0.2, 0.25) is 0 Å². The Morgan fingerprint density at radius 3 is 2.36 bits per heavy atom. The maximum Gasteiger partial charge on any atom is 0.387 e. The Hall–Kier alpha value is -1.12. The molecule has 0 rings (SSSR count). The van der Waals surface area contributed by atoms with E-state index in [4.69, 9.17) is 0 Å². The van der Waals surface area contributed by atoms with Crippen LogP contribution < -0.4 is 0 Å². The van der Waals surface area contributed by atoms with Crippen molar-refractivity contribution in [2.45, 2.75) is 33.8 Å². The average Bonchev–Trinajstić information content (AvgIpc) is 2.17. The van der Waals surface area contributed by atoms with Crippen molar-refractivity contribution in [2.24, 2.45) is 0 Å². The molecule has 0 aromatic rings. The molecule has 3 heteroatoms. The Balaban J connectivity index is 0. The lowest BCUT2D eigenvalue weighted by Gasteiger charge is -2.03. The summed E-state index contributed by atoms with van der Waals surface area (Å²) in [5.41, 5.74) is 0. The minimum absolute atomic E-state index is 0.174. The average molecular weight is 204 g/mol. The first-order valence-electron chi connectivity index (χ1n) is 4.64. The Labute approximate surface area is 84.8 Å². The SMILES string of the molecule is C=C/C=C\C(=C/CC)OC(F)F.CC. The van der Waals surface area contributed by atoms with Gasteiger partial charge in [0.25, 0.3) is 0 Å². The number of halogens is 2. The molecule has 0 amide bonds. The maximum absolute atomic E-state index is 11.7. The molecule has 0 aromatic heterocycles. The first-order chi connectivity index (χ1) is 6.70. The molecule has 0 heterocycles. The Kier molecular flexibility index (Phi) is 13.0. The molecular weight excluding hydrogens is 186 g/mol. The van der Waals surface area contributed by atoms with E-state index in [1.54, 1.807) is 12.2 Å². The van der Waals surface area contributed by atoms with Gasteiger partial charge in [-0.1, -0.05) is 39.5 Å². The molecule has 0 aliphatic rings. The summed E-state index contributed by atoms with van der Waals surface area (Å²) in [7, 11) is 0. The van der Waals surface area contributed by atoms with E-state index in [9.17, 15) is 8.78 Å². The van der Waals surface area contributed by atoms with Crippen molar-refractivity contribution in [3.8, 4) is 0 Å². The van der Waals surface area contributed by atoms with E-state index in [0.29, 0.717) is 6.42 Å². The number of ether oxygens (including phenoxy) is 1. The number of allylic oxidation sites excluding steroid dienone is 4. The van der Waals surface area contributed by atoms with Crippen LogP contribution in [0, 0.1) is 0 Å². The number of hydrogen-bond donors (Lipinski definition) is 0. The molecule has 0 fully saturated rings. The zero-order valence-electron chi connectivity index (χ0n) is 8.97. The van der Waals surface area contributed by atoms with E-state index >= 15 is 0 Å². The van der Waals surface area contributed by atoms with E-state index in [1.165, 1.54) is 12.2 Å². The summed E-state index contributed by atoms with van der Waals surface area (Å²) in [6, 6.07) is 0. The molecular formula is C11H18F2O. The third-order valence-electron chi connectivity index (χ3n) is 1.03. The first kappa shape index (κ1) is 15.4. The van der Waals surface area contributed by atoms with Gasteiger partial charge >= 0.3 is 6.61 Å². The Bertz CT molecular complexity index is 184. The van der Waals surface area contributed by atoms with Crippen LogP contribution in [0.1, 0.15) is 27.2 Å². The second kappa shape index (κ2) is 11.9. The fraction of sp³-hybridized carbons (Fsp3) is 0.455. The second-order valence-electron chi connectivity index (χ2n) is 1.99. The normalized spacial score (nSPS) is 11.1. The summed E-state index contributed by atoms with van der Waals surface area (Å²) in [4.78, 5) is 0. The van der Waals surface area contributed by atoms with Crippen molar-refractivity contribution >= 4 is 0 Å². The van der Waals surface area contributed by atoms with Crippen LogP contribution >= 0.6 is 0 Å². The predicted molar refractivity (Wildman–Crippen MR) is 56.1 cm³/mol. The molecule has 0 radical (unpaired) electrons. The minimum Gasteiger partial charge on any atom is -0.435 e. The van der Waals surface area contributed by atoms with Crippen LogP contribution in [0.25, 0.3) is 0 Å². The van der Waals surface area contributed by atoms with Crippen LogP contribution in [0.3, 0.4) is 0 Å². The van der Waals surface area contributed by atoms with E-state index in [1.807, 2.05) is 20.8 Å². The highest BCUT2D eigenvalue weighted by atomic mass is 19.3. The van der Waals surface area contributed by atoms with Crippen molar-refractivity contribution in [3.63, 3.8) is 0 Å². The number of rotatable bonds is 5. The van der Waals surface area contributed by atoms with Crippen LogP contribution in [-0.4, -0.2) is 6.61 Å². The van der Waals surface area contributed by atoms with E-state index in [2.05, 4.69) is 11.3 Å². The van der Waals surface area contributed by atoms with Gasteiger partial charge in [-0.25, -0.2) is 0 Å². The molecule has 0 aliphatic heterocycles. The standard InChI is InChI=1S/C9H12F2O.C2H6/c1-3-5-7-8(6-4-2)12-9(10)11;1-2/h3,5-7,9H,1,4H2,2H3;1-2H3/b7-5-,8-6+;. The fourth-order valence-corrected chi connectivity index (χ4v) is 0.622. The van der Waals surface area contributed by atoms with Gasteiger partial charge in [-0.3, -0.25) is 0 Å². The molecule has 0 aromatic carbocycles. The lowest BCUT2D eigenvalue weighted by atomic mass is 10.3. The molecule has 82 valence electrons. The molecule has 0 saturated heterocycles. The van der Waals surface area contributed by atoms with Crippen molar-refractivity contribution in [3.05, 3.63) is 36.6 Å². The van der Waals surface area contributed by atoms with Gasteiger partial charge in [0, 0.05) is 0 Å². The Morgan fingerprint density at radius 2 is 2.00 bits per heavy atom. The van der Waals surface area contributed by atoms with Gasteiger partial charge in [-0.05, 0) is 18.6 Å². The Morgan fingerprint density at radius 1 is 1.43 bits per heavy atom. The topological polar surface area (TPSA) is 9.23 Å². The van der Waals surface area contributed by atoms with Crippen molar-refractivity contribution < 1.29 is 13.5 Å². The largest absolute Gasteiger partial charge is 0.435 e. The number of alkyl halides is 2. The number of hydrogen-bond acceptors (Lipinski definition) is 1. The lowest BCUT2D eigenvalue weighted by Crippen LogP contribution is -1.96. The minimum atomic E-state index is -2.77. The highest BCUT2D eigenvalue weighted by molar-refractivity contribution is 5.15. The van der Waals surface area contributed by atoms with Gasteiger partial charge in [0.15, 0.2) is 0 Å². The quantitative estimate of drug-likeness (QED) is 0.479. The third-order valence-corrected chi connectivity index (χ3v) is 1.03. The van der Waals surface area contributed by atoms with Crippen LogP contribution in [0.4, 0.5) is 8.78 Å². The van der Waals surface area contributed by atoms with Gasteiger partial charge in [0.1, 0.15) is 5.76 Å². The third kappa shape index (κ3) is 10.9. The molecule has 0 atom stereocenters. The lowest BCUT2D eigenvalue weighted by molar-refractivity contribution is -0.0922. The fourth-order valence-electron chi connectivity index (χ4n) is 0.622. The molecule has 1 nitrogen and oxygen atoms in total. The first-order valence-corrected chi connectivity index (χ1v) is 4.64. The van der Waals surface area contributed by atoms with Crippen LogP contribution in [0.15, 0.2) is 36.6 Å². The second-order valence-corrected chi connectivity index (χ2v) is 1.99. The molecule has 0 N–H and O–H groups in total. The monoisotopic (exact) mass is 204 g/mol. The maximum atomic E-state index is 11.7. The zero-order chi connectivity index (χ0) is 11.4. The molecule has 0 aliphatic carbocycles. The summed E-state index contributed by atoms with van der Waals surface area (Å²) in [5, 5.41) is 0. The van der Waals surface area contributed by atoms with E-state index in [-0.39, 0.29) is 5.76 Å². The van der Waals surface area contributed by atoms with Gasteiger partial charge in [0.2, 0.25) is 0 Å². The van der Waals surface area contributed by atoms with Crippen molar-refractivity contribution in [2.75, 3.05) is 0 Å². The molecule has 14 heavy (non-hydrogen) atoms. The summed E-state index contributed by atoms with van der Waals surface area (Å²) >= 11 is 0. The van der Waals surface area contributed by atoms with E-state index < -0.39 is 6.61 Å². The molecule has 0 bridgehead atoms. The van der Waals surface area contributed by atoms with Crippen LogP contribution in [0.5, 0.6) is 0 Å². The summed E-state index contributed by atoms with van der Waals surface area (Å²) < 4.78 is 27.6. The van der Waals surface area contributed by atoms with Gasteiger partial charge in [0.05, 0.1) is 0 Å². The van der Waals surface area contributed by atoms with Gasteiger partial charge < -0.3 is 4.74 Å². The predicted octanol–water partition coefficient (Wildman–Crippen LogP) is 4.29. The van der Waals surface area contributed by atoms with E-state index in [0.717, 1.165) is 0 Å². The molecule has 0 saturated carbocycles. The summed E-state index contributed by atoms with van der Waals surface area (Å²) in [6.07, 6.45) is 6.72. The highest BCUT2D eigenvalue weighted by Crippen LogP contribution is 2.07. The van der Waals surface area contributed by atoms with Crippen LogP contribution in [-0.2, 0) is 4.74 Å². The summed E-state index contributed by atoms with van der Waals surface area (Å²) in [5.74, 6) is 0.174. The van der Waals surface area contributed by atoms with Gasteiger partial charge in [-0.15, -0.1) is 0 Å². The smallest absolute Gasteiger partial charge is 0.387 e. The highest BCUT2D eigenvalue weighted by Gasteiger charge is 2.02. The molecule has 0 spiro atoms. The van der Waals surface area contributed by atoms with Crippen molar-refractivity contribution in [1.29, 1.82) is 0 Å². The zero-order valence-corrected chi connectivity index (χ0v) is 8.97.